The highest BCUT2D eigenvalue weighted by Crippen LogP contribution is 2.36. The predicted molar refractivity (Wildman–Crippen MR) is 116 cm³/mol. The second kappa shape index (κ2) is 8.55. The number of piperidine rings is 1. The lowest BCUT2D eigenvalue weighted by atomic mass is 9.95. The Bertz CT molecular complexity index is 954. The number of nitrogens with zero attached hydrogens (tertiary/aromatic N) is 6. The summed E-state index contributed by atoms with van der Waals surface area (Å²) in [6, 6.07) is 0. The minimum Gasteiger partial charge on any atom is -0.356 e. The lowest BCUT2D eigenvalue weighted by Crippen LogP contribution is -2.40. The first kappa shape index (κ1) is 20.4. The highest BCUT2D eigenvalue weighted by Gasteiger charge is 2.31. The third-order valence-electron chi connectivity index (χ3n) is 6.80. The standard InChI is InChI=1S/C23H32N6O2/c1-15-19-6-4-12-29(13-17-7-8-17)23(19)26-22(24-15)18-5-3-11-28(14-18)21(30)10-9-20-25-16(2)27-31-20/h17-18H,3-14H2,1-2H3. The number of carbonyl (C=O) groups is 1. The van der Waals surface area contributed by atoms with Crippen LogP contribution in [0.3, 0.4) is 0 Å². The summed E-state index contributed by atoms with van der Waals surface area (Å²) in [7, 11) is 0. The summed E-state index contributed by atoms with van der Waals surface area (Å²) in [5.41, 5.74) is 2.45. The van der Waals surface area contributed by atoms with Gasteiger partial charge in [0.25, 0.3) is 0 Å². The number of rotatable bonds is 6. The van der Waals surface area contributed by atoms with E-state index >= 15 is 0 Å². The van der Waals surface area contributed by atoms with Crippen molar-refractivity contribution < 1.29 is 9.32 Å². The molecule has 0 bridgehead atoms. The Balaban J connectivity index is 1.28. The molecule has 166 valence electrons. The van der Waals surface area contributed by atoms with Gasteiger partial charge < -0.3 is 14.3 Å². The summed E-state index contributed by atoms with van der Waals surface area (Å²) in [5.74, 6) is 4.41. The zero-order chi connectivity index (χ0) is 21.4. The molecule has 8 nitrogen and oxygen atoms in total. The van der Waals surface area contributed by atoms with Crippen LogP contribution in [-0.2, 0) is 17.6 Å². The quantitative estimate of drug-likeness (QED) is 0.704. The lowest BCUT2D eigenvalue weighted by Gasteiger charge is -2.34. The molecule has 2 aliphatic heterocycles. The van der Waals surface area contributed by atoms with Crippen LogP contribution in [0, 0.1) is 19.8 Å². The molecule has 0 spiro atoms. The Morgan fingerprint density at radius 3 is 2.74 bits per heavy atom. The van der Waals surface area contributed by atoms with Gasteiger partial charge in [-0.25, -0.2) is 9.97 Å². The van der Waals surface area contributed by atoms with E-state index in [4.69, 9.17) is 14.5 Å². The SMILES string of the molecule is Cc1noc(CCC(=O)N2CCCC(c3nc(C)c4c(n3)N(CC3CC3)CCC4)C2)n1. The van der Waals surface area contributed by atoms with Gasteiger partial charge in [0.05, 0.1) is 0 Å². The Hall–Kier alpha value is -2.51. The Kier molecular flexibility index (Phi) is 5.63. The van der Waals surface area contributed by atoms with Crippen molar-refractivity contribution in [2.45, 2.75) is 71.1 Å². The molecule has 1 aliphatic carbocycles. The molecular weight excluding hydrogens is 392 g/mol. The van der Waals surface area contributed by atoms with Crippen molar-refractivity contribution in [3.63, 3.8) is 0 Å². The van der Waals surface area contributed by atoms with Crippen molar-refractivity contribution in [3.05, 3.63) is 28.8 Å². The van der Waals surface area contributed by atoms with Crippen LogP contribution in [0.15, 0.2) is 4.52 Å². The summed E-state index contributed by atoms with van der Waals surface area (Å²) < 4.78 is 5.14. The lowest BCUT2D eigenvalue weighted by molar-refractivity contribution is -0.132. The maximum atomic E-state index is 12.8. The van der Waals surface area contributed by atoms with Crippen LogP contribution < -0.4 is 4.90 Å². The van der Waals surface area contributed by atoms with Crippen LogP contribution in [0.5, 0.6) is 0 Å². The van der Waals surface area contributed by atoms with Gasteiger partial charge in [-0.1, -0.05) is 5.16 Å². The number of amides is 1. The molecule has 2 fully saturated rings. The molecule has 1 saturated carbocycles. The first-order chi connectivity index (χ1) is 15.1. The van der Waals surface area contributed by atoms with Crippen molar-refractivity contribution in [1.82, 2.24) is 25.0 Å². The van der Waals surface area contributed by atoms with E-state index in [0.29, 0.717) is 31.1 Å². The van der Waals surface area contributed by atoms with Gasteiger partial charge in [-0.05, 0) is 58.3 Å². The summed E-state index contributed by atoms with van der Waals surface area (Å²) in [6.07, 6.45) is 7.88. The molecular formula is C23H32N6O2. The molecule has 1 atom stereocenters. The van der Waals surface area contributed by atoms with Gasteiger partial charge in [-0.15, -0.1) is 0 Å². The van der Waals surface area contributed by atoms with Crippen LogP contribution in [0.4, 0.5) is 5.82 Å². The number of hydrogen-bond donors (Lipinski definition) is 0. The molecule has 5 rings (SSSR count). The van der Waals surface area contributed by atoms with E-state index in [1.807, 2.05) is 4.90 Å². The molecule has 1 saturated heterocycles. The van der Waals surface area contributed by atoms with Crippen molar-refractivity contribution in [3.8, 4) is 0 Å². The monoisotopic (exact) mass is 424 g/mol. The smallest absolute Gasteiger partial charge is 0.227 e. The molecule has 2 aromatic heterocycles. The number of hydrogen-bond acceptors (Lipinski definition) is 7. The largest absolute Gasteiger partial charge is 0.356 e. The Morgan fingerprint density at radius 2 is 1.97 bits per heavy atom. The topological polar surface area (TPSA) is 88.2 Å². The molecule has 0 N–H and O–H groups in total. The molecule has 1 amide bonds. The maximum absolute atomic E-state index is 12.8. The third kappa shape index (κ3) is 4.57. The second-order valence-electron chi connectivity index (χ2n) is 9.38. The van der Waals surface area contributed by atoms with Gasteiger partial charge in [-0.3, -0.25) is 4.79 Å². The fourth-order valence-corrected chi connectivity index (χ4v) is 4.91. The number of fused-ring (bicyclic) bond motifs is 1. The number of likely N-dealkylation sites (tertiary alicyclic amines) is 1. The first-order valence-electron chi connectivity index (χ1n) is 11.8. The molecule has 8 heteroatoms. The van der Waals surface area contributed by atoms with Crippen LogP contribution in [-0.4, -0.2) is 57.1 Å². The number of anilines is 1. The number of aromatic nitrogens is 4. The zero-order valence-electron chi connectivity index (χ0n) is 18.6. The van der Waals surface area contributed by atoms with E-state index in [1.165, 1.54) is 24.8 Å². The Morgan fingerprint density at radius 1 is 1.10 bits per heavy atom. The van der Waals surface area contributed by atoms with Crippen LogP contribution >= 0.6 is 0 Å². The van der Waals surface area contributed by atoms with E-state index in [-0.39, 0.29) is 11.8 Å². The van der Waals surface area contributed by atoms with Gasteiger partial charge in [0.1, 0.15) is 11.6 Å². The van der Waals surface area contributed by atoms with E-state index in [2.05, 4.69) is 22.0 Å². The minimum absolute atomic E-state index is 0.144. The van der Waals surface area contributed by atoms with Crippen molar-refractivity contribution in [1.29, 1.82) is 0 Å². The van der Waals surface area contributed by atoms with Gasteiger partial charge in [-0.2, -0.15) is 4.98 Å². The molecule has 2 aromatic rings. The normalized spacial score (nSPS) is 21.3. The molecule has 1 unspecified atom stereocenters. The summed E-state index contributed by atoms with van der Waals surface area (Å²) in [5, 5.41) is 3.80. The average Bonchev–Trinajstić information content (AvgIpc) is 3.50. The van der Waals surface area contributed by atoms with E-state index in [0.717, 1.165) is 62.2 Å². The molecule has 31 heavy (non-hydrogen) atoms. The summed E-state index contributed by atoms with van der Waals surface area (Å²) >= 11 is 0. The van der Waals surface area contributed by atoms with Crippen LogP contribution in [0.25, 0.3) is 0 Å². The van der Waals surface area contributed by atoms with E-state index in [9.17, 15) is 4.79 Å². The minimum atomic E-state index is 0.144. The predicted octanol–water partition coefficient (Wildman–Crippen LogP) is 2.98. The van der Waals surface area contributed by atoms with Crippen LogP contribution in [0.1, 0.15) is 73.2 Å². The fourth-order valence-electron chi connectivity index (χ4n) is 4.91. The van der Waals surface area contributed by atoms with E-state index < -0.39 is 0 Å². The van der Waals surface area contributed by atoms with E-state index in [1.54, 1.807) is 6.92 Å². The molecule has 0 radical (unpaired) electrons. The van der Waals surface area contributed by atoms with Crippen molar-refractivity contribution >= 4 is 11.7 Å². The van der Waals surface area contributed by atoms with Gasteiger partial charge >= 0.3 is 0 Å². The molecule has 4 heterocycles. The van der Waals surface area contributed by atoms with Gasteiger partial charge in [0.15, 0.2) is 5.82 Å². The average molecular weight is 425 g/mol. The molecule has 3 aliphatic rings. The Labute approximate surface area is 183 Å². The summed E-state index contributed by atoms with van der Waals surface area (Å²) in [4.78, 5) is 31.5. The second-order valence-corrected chi connectivity index (χ2v) is 9.38. The molecule has 0 aromatic carbocycles. The number of carbonyl (C=O) groups excluding carboxylic acids is 1. The third-order valence-corrected chi connectivity index (χ3v) is 6.80. The highest BCUT2D eigenvalue weighted by atomic mass is 16.5. The highest BCUT2D eigenvalue weighted by molar-refractivity contribution is 5.76. The number of aryl methyl sites for hydroxylation is 3. The maximum Gasteiger partial charge on any atom is 0.227 e. The zero-order valence-corrected chi connectivity index (χ0v) is 18.6. The van der Waals surface area contributed by atoms with Crippen molar-refractivity contribution in [2.75, 3.05) is 31.1 Å². The van der Waals surface area contributed by atoms with Gasteiger partial charge in [0.2, 0.25) is 11.8 Å². The fraction of sp³-hybridized carbons (Fsp3) is 0.696. The van der Waals surface area contributed by atoms with Crippen molar-refractivity contribution in [2.24, 2.45) is 5.92 Å². The van der Waals surface area contributed by atoms with Gasteiger partial charge in [0, 0.05) is 56.2 Å². The summed E-state index contributed by atoms with van der Waals surface area (Å²) in [6.45, 7) is 7.65. The first-order valence-corrected chi connectivity index (χ1v) is 11.8. The van der Waals surface area contributed by atoms with Crippen LogP contribution in [0.2, 0.25) is 0 Å².